The van der Waals surface area contributed by atoms with Crippen molar-refractivity contribution in [3.8, 4) is 0 Å². The average molecular weight is 365 g/mol. The molecule has 0 unspecified atom stereocenters. The van der Waals surface area contributed by atoms with Crippen LogP contribution in [0.15, 0.2) is 24.3 Å². The lowest BCUT2D eigenvalue weighted by Crippen LogP contribution is -2.10. The van der Waals surface area contributed by atoms with E-state index < -0.39 is 0 Å². The number of hydrogen-bond acceptors (Lipinski definition) is 3. The van der Waals surface area contributed by atoms with Gasteiger partial charge in [-0.1, -0.05) is 24.3 Å². The highest BCUT2D eigenvalue weighted by atomic mass is 127. The van der Waals surface area contributed by atoms with Crippen molar-refractivity contribution in [3.63, 3.8) is 0 Å². The zero-order valence-corrected chi connectivity index (χ0v) is 13.2. The molecule has 1 aromatic heterocycles. The van der Waals surface area contributed by atoms with Crippen LogP contribution in [-0.2, 0) is 12.8 Å². The fraction of sp³-hybridized carbons (Fsp3) is 0.333. The molecule has 1 aliphatic carbocycles. The minimum atomic E-state index is 0.417. The van der Waals surface area contributed by atoms with Crippen molar-refractivity contribution < 1.29 is 0 Å². The Morgan fingerprint density at radius 2 is 1.79 bits per heavy atom. The molecule has 98 valence electrons. The third-order valence-electron chi connectivity index (χ3n) is 3.69. The third kappa shape index (κ3) is 2.33. The normalized spacial score (nSPS) is 14.5. The Labute approximate surface area is 127 Å². The quantitative estimate of drug-likeness (QED) is 0.830. The topological polar surface area (TPSA) is 37.8 Å². The van der Waals surface area contributed by atoms with E-state index >= 15 is 0 Å². The van der Waals surface area contributed by atoms with Gasteiger partial charge in [-0.15, -0.1) is 0 Å². The molecule has 0 bridgehead atoms. The van der Waals surface area contributed by atoms with E-state index in [4.69, 9.17) is 0 Å². The van der Waals surface area contributed by atoms with Crippen molar-refractivity contribution in [2.45, 2.75) is 25.7 Å². The predicted octanol–water partition coefficient (Wildman–Crippen LogP) is 3.31. The van der Waals surface area contributed by atoms with E-state index in [-0.39, 0.29) is 0 Å². The van der Waals surface area contributed by atoms with Crippen LogP contribution in [0.1, 0.15) is 28.6 Å². The van der Waals surface area contributed by atoms with Crippen LogP contribution in [0.3, 0.4) is 0 Å². The van der Waals surface area contributed by atoms with Gasteiger partial charge in [0.15, 0.2) is 0 Å². The SMILES string of the molecule is CNc1nc(C2Cc3ccccc3C2)nc(C)c1I. The Bertz CT molecular complexity index is 600. The molecular formula is C15H16IN3. The summed E-state index contributed by atoms with van der Waals surface area (Å²) in [6.07, 6.45) is 2.11. The van der Waals surface area contributed by atoms with Crippen LogP contribution in [0.4, 0.5) is 5.82 Å². The fourth-order valence-corrected chi connectivity index (χ4v) is 3.18. The Morgan fingerprint density at radius 3 is 2.37 bits per heavy atom. The molecule has 1 N–H and O–H groups in total. The number of hydrogen-bond donors (Lipinski definition) is 1. The van der Waals surface area contributed by atoms with Gasteiger partial charge in [0.1, 0.15) is 11.6 Å². The van der Waals surface area contributed by atoms with E-state index in [9.17, 15) is 0 Å². The summed E-state index contributed by atoms with van der Waals surface area (Å²) in [7, 11) is 1.91. The first kappa shape index (κ1) is 12.8. The van der Waals surface area contributed by atoms with Gasteiger partial charge in [-0.2, -0.15) is 0 Å². The highest BCUT2D eigenvalue weighted by Crippen LogP contribution is 2.33. The Kier molecular flexibility index (Phi) is 3.43. The van der Waals surface area contributed by atoms with Crippen molar-refractivity contribution in [1.29, 1.82) is 0 Å². The van der Waals surface area contributed by atoms with Crippen LogP contribution in [0.5, 0.6) is 0 Å². The lowest BCUT2D eigenvalue weighted by Gasteiger charge is -2.12. The number of halogens is 1. The van der Waals surface area contributed by atoms with Gasteiger partial charge in [0.25, 0.3) is 0 Å². The molecule has 0 saturated heterocycles. The second-order valence-electron chi connectivity index (χ2n) is 4.95. The van der Waals surface area contributed by atoms with Gasteiger partial charge in [0.2, 0.25) is 0 Å². The van der Waals surface area contributed by atoms with Crippen molar-refractivity contribution >= 4 is 28.4 Å². The summed E-state index contributed by atoms with van der Waals surface area (Å²) < 4.78 is 1.11. The first-order valence-corrected chi connectivity index (χ1v) is 7.55. The standard InChI is InChI=1S/C15H16IN3/c1-9-13(16)15(17-2)19-14(18-9)12-7-10-5-3-4-6-11(10)8-12/h3-6,12H,7-8H2,1-2H3,(H,17,18,19). The zero-order valence-electron chi connectivity index (χ0n) is 11.1. The maximum Gasteiger partial charge on any atom is 0.143 e. The summed E-state index contributed by atoms with van der Waals surface area (Å²) in [5.41, 5.74) is 3.95. The second-order valence-corrected chi connectivity index (χ2v) is 6.03. The Hall–Kier alpha value is -1.17. The maximum absolute atomic E-state index is 4.69. The molecule has 1 aromatic carbocycles. The van der Waals surface area contributed by atoms with E-state index in [0.29, 0.717) is 5.92 Å². The number of aromatic nitrogens is 2. The van der Waals surface area contributed by atoms with E-state index in [1.165, 1.54) is 11.1 Å². The summed E-state index contributed by atoms with van der Waals surface area (Å²) in [6.45, 7) is 2.05. The first-order chi connectivity index (χ1) is 9.19. The minimum Gasteiger partial charge on any atom is -0.372 e. The smallest absolute Gasteiger partial charge is 0.143 e. The average Bonchev–Trinajstić information content (AvgIpc) is 2.85. The van der Waals surface area contributed by atoms with Crippen LogP contribution in [0.25, 0.3) is 0 Å². The zero-order chi connectivity index (χ0) is 13.4. The molecule has 0 spiro atoms. The lowest BCUT2D eigenvalue weighted by molar-refractivity contribution is 0.678. The summed E-state index contributed by atoms with van der Waals surface area (Å²) in [6, 6.07) is 8.66. The van der Waals surface area contributed by atoms with Crippen LogP contribution < -0.4 is 5.32 Å². The molecule has 3 rings (SSSR count). The van der Waals surface area contributed by atoms with Gasteiger partial charge in [-0.3, -0.25) is 0 Å². The van der Waals surface area contributed by atoms with Crippen molar-refractivity contribution in [2.24, 2.45) is 0 Å². The monoisotopic (exact) mass is 365 g/mol. The number of rotatable bonds is 2. The summed E-state index contributed by atoms with van der Waals surface area (Å²) in [5, 5.41) is 3.16. The van der Waals surface area contributed by atoms with Gasteiger partial charge >= 0.3 is 0 Å². The fourth-order valence-electron chi connectivity index (χ4n) is 2.67. The van der Waals surface area contributed by atoms with Crippen LogP contribution in [0.2, 0.25) is 0 Å². The Balaban J connectivity index is 1.95. The first-order valence-electron chi connectivity index (χ1n) is 6.47. The van der Waals surface area contributed by atoms with E-state index in [2.05, 4.69) is 69.1 Å². The molecular weight excluding hydrogens is 349 g/mol. The van der Waals surface area contributed by atoms with Crippen molar-refractivity contribution in [2.75, 3.05) is 12.4 Å². The Morgan fingerprint density at radius 1 is 1.16 bits per heavy atom. The van der Waals surface area contributed by atoms with Gasteiger partial charge in [-0.25, -0.2) is 9.97 Å². The highest BCUT2D eigenvalue weighted by Gasteiger charge is 2.25. The minimum absolute atomic E-state index is 0.417. The molecule has 1 aliphatic rings. The predicted molar refractivity (Wildman–Crippen MR) is 85.6 cm³/mol. The molecule has 0 amide bonds. The third-order valence-corrected chi connectivity index (χ3v) is 4.98. The molecule has 4 heteroatoms. The van der Waals surface area contributed by atoms with Crippen molar-refractivity contribution in [1.82, 2.24) is 9.97 Å². The van der Waals surface area contributed by atoms with Crippen molar-refractivity contribution in [3.05, 3.63) is 50.5 Å². The number of anilines is 1. The molecule has 0 saturated carbocycles. The highest BCUT2D eigenvalue weighted by molar-refractivity contribution is 14.1. The number of fused-ring (bicyclic) bond motifs is 1. The number of nitrogens with one attached hydrogen (secondary N) is 1. The van der Waals surface area contributed by atoms with Gasteiger partial charge < -0.3 is 5.32 Å². The number of benzene rings is 1. The molecule has 3 nitrogen and oxygen atoms in total. The van der Waals surface area contributed by atoms with Crippen LogP contribution >= 0.6 is 22.6 Å². The molecule has 0 fully saturated rings. The molecule has 0 aliphatic heterocycles. The van der Waals surface area contributed by atoms with Gasteiger partial charge in [0.05, 0.1) is 9.26 Å². The van der Waals surface area contributed by atoms with E-state index in [1.807, 2.05) is 7.05 Å². The van der Waals surface area contributed by atoms with Crippen LogP contribution in [0, 0.1) is 10.5 Å². The molecule has 19 heavy (non-hydrogen) atoms. The van der Waals surface area contributed by atoms with E-state index in [0.717, 1.165) is 33.7 Å². The number of aryl methyl sites for hydroxylation is 1. The van der Waals surface area contributed by atoms with E-state index in [1.54, 1.807) is 0 Å². The molecule has 0 atom stereocenters. The maximum atomic E-state index is 4.69. The molecule has 0 radical (unpaired) electrons. The molecule has 1 heterocycles. The second kappa shape index (κ2) is 5.07. The number of nitrogens with zero attached hydrogens (tertiary/aromatic N) is 2. The van der Waals surface area contributed by atoms with Gasteiger partial charge in [-0.05, 0) is 53.5 Å². The van der Waals surface area contributed by atoms with Crippen LogP contribution in [-0.4, -0.2) is 17.0 Å². The van der Waals surface area contributed by atoms with Gasteiger partial charge in [0, 0.05) is 13.0 Å². The summed E-state index contributed by atoms with van der Waals surface area (Å²) >= 11 is 2.30. The largest absolute Gasteiger partial charge is 0.372 e. The summed E-state index contributed by atoms with van der Waals surface area (Å²) in [4.78, 5) is 9.37. The lowest BCUT2D eigenvalue weighted by atomic mass is 10.1. The molecule has 2 aromatic rings. The summed E-state index contributed by atoms with van der Waals surface area (Å²) in [5.74, 6) is 2.33.